The van der Waals surface area contributed by atoms with Crippen molar-refractivity contribution in [3.8, 4) is 0 Å². The topological polar surface area (TPSA) is 0 Å². The Hall–Kier alpha value is 6.57. The minimum atomic E-state index is 0.898. The van der Waals surface area contributed by atoms with Crippen molar-refractivity contribution in [3.63, 3.8) is 0 Å². The van der Waals surface area contributed by atoms with Gasteiger partial charge in [-0.05, 0) is 287 Å². The summed E-state index contributed by atoms with van der Waals surface area (Å²) in [4.78, 5) is 5.90. The number of halogens is 18. The molecule has 240 valence electrons. The van der Waals surface area contributed by atoms with Crippen molar-refractivity contribution in [2.24, 2.45) is 0 Å². The summed E-state index contributed by atoms with van der Waals surface area (Å²) in [6, 6.07) is 0. The summed E-state index contributed by atoms with van der Waals surface area (Å²) in [5, 5.41) is 0. The molecule has 0 nitrogen and oxygen atoms in total. The van der Waals surface area contributed by atoms with Crippen molar-refractivity contribution in [1.82, 2.24) is 0 Å². The van der Waals surface area contributed by atoms with Gasteiger partial charge in [0.05, 0.1) is 0 Å². The van der Waals surface area contributed by atoms with Crippen LogP contribution in [-0.4, -0.2) is 0 Å². The minimum absolute atomic E-state index is 0.898. The lowest BCUT2D eigenvalue weighted by Crippen LogP contribution is -1.93. The highest BCUT2D eigenvalue weighted by Crippen LogP contribution is 2.60. The summed E-state index contributed by atoms with van der Waals surface area (Å²) >= 11 is 72.8. The third kappa shape index (κ3) is 9.09. The van der Waals surface area contributed by atoms with Gasteiger partial charge in [0.25, 0.3) is 0 Å². The number of hydrogen-bond acceptors (Lipinski definition) is 3. The molecular formula is C24Br18S3. The third-order valence-electron chi connectivity index (χ3n) is 5.32. The molecule has 0 saturated carbocycles. The molecular weight excluding hydrogens is 1820 g/mol. The van der Waals surface area contributed by atoms with E-state index in [0.29, 0.717) is 0 Å². The predicted molar refractivity (Wildman–Crippen MR) is 257 cm³/mol. The van der Waals surface area contributed by atoms with Crippen LogP contribution in [-0.2, 0) is 0 Å². The normalized spacial score (nSPS) is 11.6. The van der Waals surface area contributed by atoms with Crippen LogP contribution >= 0.6 is 322 Å². The highest BCUT2D eigenvalue weighted by atomic mass is 79.9. The molecule has 0 atom stereocenters. The molecule has 0 amide bonds. The zero-order valence-corrected chi connectivity index (χ0v) is 51.0. The molecule has 0 aromatic heterocycles. The van der Waals surface area contributed by atoms with Gasteiger partial charge in [-0.3, -0.25) is 0 Å². The SMILES string of the molecule is Brc1c(Br)c(Br)c(Sc2c(Br)c(Br)c(Sc3c(Br)c(Br)c(Sc4c(Br)c(Br)c(Br)c(Br)c4Br)c(Br)c3Br)c(Br)c2Br)c(Br)c1Br. The number of benzene rings is 4. The van der Waals surface area contributed by atoms with E-state index in [2.05, 4.69) is 287 Å². The number of hydrogen-bond donors (Lipinski definition) is 0. The molecule has 0 aliphatic heterocycles. The predicted octanol–water partition coefficient (Wildman–Crippen LogP) is 21.9. The first-order valence-electron chi connectivity index (χ1n) is 10.6. The van der Waals surface area contributed by atoms with E-state index in [1.807, 2.05) is 0 Å². The molecule has 4 aromatic carbocycles. The van der Waals surface area contributed by atoms with Gasteiger partial charge < -0.3 is 0 Å². The Labute approximate surface area is 423 Å². The standard InChI is InChI=1S/C24Br18S3/c25-1-3(27)7(31)19(8(32)4(1)28)43-21-11(35)15(39)23(16(40)12(21)36)45-24-17(41)13(37)22(14(38)18(24)42)44-20-9(33)5(29)2(26)6(30)10(20)34. The second-order valence-corrected chi connectivity index (χ2v) is 25.3. The molecule has 21 heteroatoms. The molecule has 0 fully saturated rings. The van der Waals surface area contributed by atoms with E-state index >= 15 is 0 Å². The van der Waals surface area contributed by atoms with Crippen LogP contribution in [0.4, 0.5) is 0 Å². The Morgan fingerprint density at radius 1 is 0.156 bits per heavy atom. The van der Waals surface area contributed by atoms with Crippen LogP contribution in [0, 0.1) is 0 Å². The largest absolute Gasteiger partial charge is 0.0852 e. The Morgan fingerprint density at radius 3 is 0.378 bits per heavy atom. The van der Waals surface area contributed by atoms with Crippen molar-refractivity contribution >= 4 is 322 Å². The summed E-state index contributed by atoms with van der Waals surface area (Å²) in [5.74, 6) is 0. The first-order valence-corrected chi connectivity index (χ1v) is 27.3. The first-order chi connectivity index (χ1) is 20.8. The van der Waals surface area contributed by atoms with E-state index in [9.17, 15) is 0 Å². The van der Waals surface area contributed by atoms with Crippen molar-refractivity contribution in [2.45, 2.75) is 29.4 Å². The van der Waals surface area contributed by atoms with Crippen LogP contribution in [0.3, 0.4) is 0 Å². The summed E-state index contributed by atoms with van der Waals surface area (Å²) in [7, 11) is 0. The maximum absolute atomic E-state index is 3.88. The van der Waals surface area contributed by atoms with Crippen molar-refractivity contribution in [3.05, 3.63) is 80.5 Å². The number of rotatable bonds is 6. The fraction of sp³-hybridized carbons (Fsp3) is 0. The average Bonchev–Trinajstić information content (AvgIpc) is 3.01. The van der Waals surface area contributed by atoms with E-state index in [4.69, 9.17) is 0 Å². The van der Waals surface area contributed by atoms with Crippen LogP contribution in [0.5, 0.6) is 0 Å². The first kappa shape index (κ1) is 44.3. The summed E-state index contributed by atoms with van der Waals surface area (Å²) in [6.45, 7) is 0. The van der Waals surface area contributed by atoms with Crippen LogP contribution in [0.2, 0.25) is 0 Å². The lowest BCUT2D eigenvalue weighted by Gasteiger charge is -2.21. The fourth-order valence-electron chi connectivity index (χ4n) is 3.20. The molecule has 0 unspecified atom stereocenters. The second-order valence-electron chi connectivity index (χ2n) is 7.93. The van der Waals surface area contributed by atoms with Gasteiger partial charge in [-0.15, -0.1) is 0 Å². The molecule has 0 N–H and O–H groups in total. The molecule has 0 radical (unpaired) electrons. The van der Waals surface area contributed by atoms with Crippen molar-refractivity contribution in [2.75, 3.05) is 0 Å². The Kier molecular flexibility index (Phi) is 18.4. The molecule has 45 heavy (non-hydrogen) atoms. The molecule has 0 bridgehead atoms. The van der Waals surface area contributed by atoms with Gasteiger partial charge >= 0.3 is 0 Å². The Bertz CT molecular complexity index is 1670. The highest BCUT2D eigenvalue weighted by molar-refractivity contribution is 9.17. The van der Waals surface area contributed by atoms with Gasteiger partial charge in [0.2, 0.25) is 0 Å². The zero-order valence-electron chi connectivity index (χ0n) is 20.0. The summed E-state index contributed by atoms with van der Waals surface area (Å²) in [5.41, 5.74) is 0. The molecule has 0 heterocycles. The van der Waals surface area contributed by atoms with Gasteiger partial charge in [0.15, 0.2) is 0 Å². The quantitative estimate of drug-likeness (QED) is 0.139. The molecule has 0 saturated heterocycles. The Balaban J connectivity index is 1.81. The molecule has 4 rings (SSSR count). The molecule has 0 spiro atoms. The molecule has 0 aliphatic rings. The monoisotopic (exact) mass is 1800 g/mol. The average molecular weight is 1820 g/mol. The molecule has 0 aliphatic carbocycles. The fourth-order valence-corrected chi connectivity index (χ4v) is 20.9. The van der Waals surface area contributed by atoms with Crippen LogP contribution in [0.15, 0.2) is 110 Å². The minimum Gasteiger partial charge on any atom is -0.0852 e. The van der Waals surface area contributed by atoms with Crippen LogP contribution < -0.4 is 0 Å². The second kappa shape index (κ2) is 18.7. The van der Waals surface area contributed by atoms with Gasteiger partial charge in [-0.1, -0.05) is 35.3 Å². The highest BCUT2D eigenvalue weighted by Gasteiger charge is 2.28. The van der Waals surface area contributed by atoms with E-state index in [0.717, 1.165) is 110 Å². The van der Waals surface area contributed by atoms with Gasteiger partial charge in [-0.2, -0.15) is 0 Å². The zero-order chi connectivity index (χ0) is 34.0. The summed E-state index contributed by atoms with van der Waals surface area (Å²) in [6.07, 6.45) is 0. The van der Waals surface area contributed by atoms with Gasteiger partial charge in [0, 0.05) is 110 Å². The van der Waals surface area contributed by atoms with E-state index < -0.39 is 0 Å². The smallest absolute Gasteiger partial charge is 0.0483 e. The lowest BCUT2D eigenvalue weighted by atomic mass is 10.3. The van der Waals surface area contributed by atoms with E-state index in [-0.39, 0.29) is 0 Å². The maximum atomic E-state index is 3.88. The summed E-state index contributed by atoms with van der Waals surface area (Å²) < 4.78 is 16.3. The van der Waals surface area contributed by atoms with Crippen LogP contribution in [0.25, 0.3) is 0 Å². The van der Waals surface area contributed by atoms with E-state index in [1.54, 1.807) is 35.3 Å². The van der Waals surface area contributed by atoms with Gasteiger partial charge in [0.1, 0.15) is 0 Å². The maximum Gasteiger partial charge on any atom is 0.0483 e. The molecule has 4 aromatic rings. The lowest BCUT2D eigenvalue weighted by molar-refractivity contribution is 1.16. The van der Waals surface area contributed by atoms with Crippen molar-refractivity contribution < 1.29 is 0 Å². The third-order valence-corrected chi connectivity index (χ3v) is 32.8. The Morgan fingerprint density at radius 2 is 0.244 bits per heavy atom. The van der Waals surface area contributed by atoms with Gasteiger partial charge in [-0.25, -0.2) is 0 Å². The van der Waals surface area contributed by atoms with Crippen LogP contribution in [0.1, 0.15) is 0 Å². The van der Waals surface area contributed by atoms with Crippen molar-refractivity contribution in [1.29, 1.82) is 0 Å². The van der Waals surface area contributed by atoms with E-state index in [1.165, 1.54) is 0 Å².